The number of imide groups is 1. The minimum Gasteiger partial charge on any atom is -0.356 e. The number of hydrogen-bond acceptors (Lipinski definition) is 2. The molecule has 2 atom stereocenters. The topological polar surface area (TPSA) is 56.4 Å². The Morgan fingerprint density at radius 1 is 1.00 bits per heavy atom. The number of H-pyrrole nitrogens is 1. The lowest BCUT2D eigenvalue weighted by molar-refractivity contribution is -0.137. The second kappa shape index (κ2) is 7.86. The fourth-order valence-electron chi connectivity index (χ4n) is 5.25. The fraction of sp³-hybridized carbons (Fsp3) is 0.185. The molecule has 182 valence electrons. The summed E-state index contributed by atoms with van der Waals surface area (Å²) in [4.78, 5) is 33.2. The van der Waals surface area contributed by atoms with Gasteiger partial charge in [-0.1, -0.05) is 59.6 Å². The molecule has 3 aromatic carbocycles. The molecule has 2 unspecified atom stereocenters. The number of nitrogens with zero attached hydrogens (tertiary/aromatic N) is 2. The van der Waals surface area contributed by atoms with Gasteiger partial charge in [0.05, 0.1) is 16.3 Å². The molecule has 3 amide bonds. The lowest BCUT2D eigenvalue weighted by Crippen LogP contribution is -2.44. The van der Waals surface area contributed by atoms with Gasteiger partial charge in [-0.3, -0.25) is 9.69 Å². The van der Waals surface area contributed by atoms with Crippen molar-refractivity contribution in [1.82, 2.24) is 9.88 Å². The van der Waals surface area contributed by atoms with E-state index in [-0.39, 0.29) is 17.1 Å². The molecule has 9 heteroatoms. The quantitative estimate of drug-likeness (QED) is 0.308. The first-order valence-electron chi connectivity index (χ1n) is 11.3. The average molecular weight is 510 g/mol. The molecule has 6 rings (SSSR count). The molecule has 0 aliphatic carbocycles. The molecule has 1 aromatic heterocycles. The zero-order valence-electron chi connectivity index (χ0n) is 18.9. The van der Waals surface area contributed by atoms with Crippen LogP contribution in [0.1, 0.15) is 34.0 Å². The minimum atomic E-state index is -4.65. The summed E-state index contributed by atoms with van der Waals surface area (Å²) in [5.74, 6) is -0.603. The van der Waals surface area contributed by atoms with Gasteiger partial charge >= 0.3 is 12.2 Å². The van der Waals surface area contributed by atoms with Crippen LogP contribution in [0.25, 0.3) is 10.9 Å². The van der Waals surface area contributed by atoms with E-state index in [0.29, 0.717) is 0 Å². The van der Waals surface area contributed by atoms with Crippen LogP contribution in [0.3, 0.4) is 0 Å². The first-order chi connectivity index (χ1) is 17.1. The van der Waals surface area contributed by atoms with Gasteiger partial charge in [0.1, 0.15) is 12.1 Å². The molecule has 2 aliphatic rings. The summed E-state index contributed by atoms with van der Waals surface area (Å²) in [6.07, 6.45) is -4.42. The molecule has 2 aliphatic heterocycles. The molecule has 5 nitrogen and oxygen atoms in total. The van der Waals surface area contributed by atoms with Crippen LogP contribution < -0.4 is 4.90 Å². The molecule has 3 heterocycles. The van der Waals surface area contributed by atoms with Crippen LogP contribution in [-0.2, 0) is 17.4 Å². The highest BCUT2D eigenvalue weighted by molar-refractivity contribution is 6.36. The van der Waals surface area contributed by atoms with Gasteiger partial charge in [0.25, 0.3) is 5.91 Å². The molecule has 0 saturated carbocycles. The number of nitrogens with one attached hydrogen (secondary N) is 1. The molecule has 0 spiro atoms. The number of benzene rings is 3. The summed E-state index contributed by atoms with van der Waals surface area (Å²) >= 11 is 6.23. The van der Waals surface area contributed by atoms with Crippen molar-refractivity contribution in [2.75, 3.05) is 4.90 Å². The van der Waals surface area contributed by atoms with Gasteiger partial charge in [-0.2, -0.15) is 13.2 Å². The van der Waals surface area contributed by atoms with E-state index in [4.69, 9.17) is 11.6 Å². The van der Waals surface area contributed by atoms with E-state index in [1.54, 1.807) is 0 Å². The SMILES string of the molecule is Cc1ccc(C2c3[nH]c4ccccc4c3CC3C(=O)N(c4cc(C(F)(F)F)ccc4Cl)C(=O)N32)cc1. The fourth-order valence-corrected chi connectivity index (χ4v) is 5.45. The third-order valence-electron chi connectivity index (χ3n) is 6.96. The third-order valence-corrected chi connectivity index (χ3v) is 7.28. The van der Waals surface area contributed by atoms with Crippen LogP contribution in [0.15, 0.2) is 66.7 Å². The van der Waals surface area contributed by atoms with Crippen molar-refractivity contribution in [1.29, 1.82) is 0 Å². The molecule has 0 bridgehead atoms. The van der Waals surface area contributed by atoms with Gasteiger partial charge in [-0.05, 0) is 42.3 Å². The number of carbonyl (C=O) groups excluding carboxylic acids is 2. The molecule has 1 saturated heterocycles. The third kappa shape index (κ3) is 3.32. The van der Waals surface area contributed by atoms with E-state index in [0.717, 1.165) is 56.4 Å². The zero-order valence-corrected chi connectivity index (χ0v) is 19.7. The molecule has 0 radical (unpaired) electrons. The van der Waals surface area contributed by atoms with Crippen LogP contribution in [-0.4, -0.2) is 27.9 Å². The average Bonchev–Trinajstić information content (AvgIpc) is 3.33. The lowest BCUT2D eigenvalue weighted by Gasteiger charge is -2.36. The number of halogens is 4. The number of amides is 3. The largest absolute Gasteiger partial charge is 0.416 e. The normalized spacial score (nSPS) is 19.7. The number of urea groups is 1. The number of hydrogen-bond donors (Lipinski definition) is 1. The Balaban J connectivity index is 1.53. The van der Waals surface area contributed by atoms with E-state index in [9.17, 15) is 22.8 Å². The van der Waals surface area contributed by atoms with Crippen LogP contribution in [0.4, 0.5) is 23.7 Å². The van der Waals surface area contributed by atoms with Gasteiger partial charge in [-0.25, -0.2) is 9.69 Å². The summed E-state index contributed by atoms with van der Waals surface area (Å²) in [6, 6.07) is 15.8. The summed E-state index contributed by atoms with van der Waals surface area (Å²) < 4.78 is 40.3. The molecular formula is C27H19ClF3N3O2. The van der Waals surface area contributed by atoms with Crippen molar-refractivity contribution in [3.05, 3.63) is 99.7 Å². The smallest absolute Gasteiger partial charge is 0.356 e. The van der Waals surface area contributed by atoms with Crippen molar-refractivity contribution >= 4 is 40.1 Å². The highest BCUT2D eigenvalue weighted by atomic mass is 35.5. The number of para-hydroxylation sites is 1. The second-order valence-corrected chi connectivity index (χ2v) is 9.53. The van der Waals surface area contributed by atoms with Gasteiger partial charge in [0, 0.05) is 23.0 Å². The van der Waals surface area contributed by atoms with Crippen LogP contribution >= 0.6 is 11.6 Å². The lowest BCUT2D eigenvalue weighted by atomic mass is 9.88. The van der Waals surface area contributed by atoms with E-state index in [1.165, 1.54) is 4.90 Å². The van der Waals surface area contributed by atoms with E-state index >= 15 is 0 Å². The second-order valence-electron chi connectivity index (χ2n) is 9.12. The first kappa shape index (κ1) is 22.7. The minimum absolute atomic E-state index is 0.111. The van der Waals surface area contributed by atoms with Gasteiger partial charge in [0.15, 0.2) is 0 Å². The molecule has 1 fully saturated rings. The Morgan fingerprint density at radius 3 is 2.44 bits per heavy atom. The number of alkyl halides is 3. The number of aryl methyl sites for hydroxylation is 1. The Labute approximate surface area is 209 Å². The Kier molecular flexibility index (Phi) is 4.95. The maximum atomic E-state index is 13.8. The van der Waals surface area contributed by atoms with Crippen molar-refractivity contribution in [2.45, 2.75) is 31.6 Å². The molecular weight excluding hydrogens is 491 g/mol. The Bertz CT molecular complexity index is 1540. The van der Waals surface area contributed by atoms with E-state index in [1.807, 2.05) is 55.5 Å². The number of aromatic amines is 1. The van der Waals surface area contributed by atoms with Crippen LogP contribution in [0.5, 0.6) is 0 Å². The van der Waals surface area contributed by atoms with Gasteiger partial charge in [-0.15, -0.1) is 0 Å². The zero-order chi connectivity index (χ0) is 25.4. The number of fused-ring (bicyclic) bond motifs is 4. The highest BCUT2D eigenvalue weighted by Crippen LogP contribution is 2.46. The number of anilines is 1. The van der Waals surface area contributed by atoms with Gasteiger partial charge < -0.3 is 4.98 Å². The Hall–Kier alpha value is -3.78. The van der Waals surface area contributed by atoms with Crippen LogP contribution in [0, 0.1) is 6.92 Å². The number of aromatic nitrogens is 1. The number of rotatable bonds is 2. The Morgan fingerprint density at radius 2 is 1.72 bits per heavy atom. The summed E-state index contributed by atoms with van der Waals surface area (Å²) in [7, 11) is 0. The molecule has 1 N–H and O–H groups in total. The standard InChI is InChI=1S/C27H19ClF3N3O2/c1-14-6-8-15(9-7-14)24-23-18(17-4-2-3-5-20(17)32-23)13-22-25(35)34(26(36)33(22)24)21-12-16(27(29,30)31)10-11-19(21)28/h2-12,22,24,32H,13H2,1H3. The highest BCUT2D eigenvalue weighted by Gasteiger charge is 2.53. The molecule has 36 heavy (non-hydrogen) atoms. The van der Waals surface area contributed by atoms with E-state index < -0.39 is 35.8 Å². The van der Waals surface area contributed by atoms with Crippen molar-refractivity contribution < 1.29 is 22.8 Å². The first-order valence-corrected chi connectivity index (χ1v) is 11.7. The van der Waals surface area contributed by atoms with Crippen molar-refractivity contribution in [3.8, 4) is 0 Å². The van der Waals surface area contributed by atoms with Gasteiger partial charge in [0.2, 0.25) is 0 Å². The monoisotopic (exact) mass is 509 g/mol. The van der Waals surface area contributed by atoms with E-state index in [2.05, 4.69) is 4.98 Å². The summed E-state index contributed by atoms with van der Waals surface area (Å²) in [5, 5.41) is 0.834. The summed E-state index contributed by atoms with van der Waals surface area (Å²) in [6.45, 7) is 1.95. The summed E-state index contributed by atoms with van der Waals surface area (Å²) in [5.41, 5.74) is 3.15. The maximum Gasteiger partial charge on any atom is 0.416 e. The van der Waals surface area contributed by atoms with Crippen molar-refractivity contribution in [3.63, 3.8) is 0 Å². The molecule has 4 aromatic rings. The number of carbonyl (C=O) groups is 2. The predicted octanol–water partition coefficient (Wildman–Crippen LogP) is 6.63. The maximum absolute atomic E-state index is 13.8. The predicted molar refractivity (Wildman–Crippen MR) is 130 cm³/mol. The van der Waals surface area contributed by atoms with Crippen molar-refractivity contribution in [2.24, 2.45) is 0 Å². The van der Waals surface area contributed by atoms with Crippen LogP contribution in [0.2, 0.25) is 5.02 Å².